The summed E-state index contributed by atoms with van der Waals surface area (Å²) in [6.07, 6.45) is 1.97. The summed E-state index contributed by atoms with van der Waals surface area (Å²) in [4.78, 5) is 0. The summed E-state index contributed by atoms with van der Waals surface area (Å²) in [6.45, 7) is 9.99. The molecule has 0 amide bonds. The van der Waals surface area contributed by atoms with Crippen LogP contribution in [0.1, 0.15) is 26.7 Å². The molecular formula is C16H33B2O6P. The third kappa shape index (κ3) is 7.84. The van der Waals surface area contributed by atoms with Crippen LogP contribution in [-0.4, -0.2) is 82.5 Å². The van der Waals surface area contributed by atoms with Crippen molar-refractivity contribution in [3.8, 4) is 0 Å². The fourth-order valence-corrected chi connectivity index (χ4v) is 3.29. The number of aliphatic hydroxyl groups excluding tert-OH is 1. The van der Waals surface area contributed by atoms with Gasteiger partial charge in [0.15, 0.2) is 0 Å². The Balaban J connectivity index is 0.000000251. The Labute approximate surface area is 156 Å². The first-order chi connectivity index (χ1) is 12.1. The molecule has 2 aliphatic rings. The van der Waals surface area contributed by atoms with Gasteiger partial charge in [0, 0.05) is 34.7 Å². The average molecular weight is 374 g/mol. The molecule has 2 radical (unpaired) electrons. The van der Waals surface area contributed by atoms with Crippen LogP contribution in [0.4, 0.5) is 0 Å². The van der Waals surface area contributed by atoms with Gasteiger partial charge in [-0.05, 0) is 26.7 Å². The Hall–Kier alpha value is 0.320. The highest BCUT2D eigenvalue weighted by molar-refractivity contribution is 7.09. The zero-order chi connectivity index (χ0) is 18.7. The van der Waals surface area contributed by atoms with Crippen LogP contribution in [0.2, 0.25) is 13.6 Å². The monoisotopic (exact) mass is 374 g/mol. The number of hydrogen-bond acceptors (Lipinski definition) is 6. The molecule has 0 aromatic rings. The molecule has 25 heavy (non-hydrogen) atoms. The molecule has 9 heteroatoms. The van der Waals surface area contributed by atoms with Gasteiger partial charge in [-0.25, -0.2) is 0 Å². The molecule has 0 bridgehead atoms. The third-order valence-electron chi connectivity index (χ3n) is 4.42. The van der Waals surface area contributed by atoms with Crippen LogP contribution in [0, 0.1) is 0 Å². The van der Waals surface area contributed by atoms with Crippen molar-refractivity contribution in [2.75, 3.05) is 26.4 Å². The first kappa shape index (κ1) is 23.4. The van der Waals surface area contributed by atoms with Crippen LogP contribution < -0.4 is 0 Å². The van der Waals surface area contributed by atoms with Gasteiger partial charge in [0.2, 0.25) is 0 Å². The Kier molecular flexibility index (Phi) is 12.6. The second kappa shape index (κ2) is 13.5. The Morgan fingerprint density at radius 2 is 1.60 bits per heavy atom. The van der Waals surface area contributed by atoms with Gasteiger partial charge in [-0.15, -0.1) is 0 Å². The molecule has 2 rings (SSSR count). The lowest BCUT2D eigenvalue weighted by Gasteiger charge is -2.16. The minimum Gasteiger partial charge on any atom is -0.394 e. The van der Waals surface area contributed by atoms with Gasteiger partial charge >= 0.3 is 0 Å². The Morgan fingerprint density at radius 1 is 1.00 bits per heavy atom. The molecule has 3 unspecified atom stereocenters. The standard InChI is InChI=1S/C8H17BO3P.C8H16BO3/c1-3-10-5-7-6(12-13)4-8(9-2)11-7;1-3-11-6-4-8(9-2)12-7(6)5-10/h6-8H,3-5,13H2,1-2H3;6-8,10H,3-5H2,1-2H3/t2*6?,7-,8-/m11/s1. The van der Waals surface area contributed by atoms with Gasteiger partial charge in [0.25, 0.3) is 0 Å². The molecule has 2 aliphatic heterocycles. The van der Waals surface area contributed by atoms with Crippen molar-refractivity contribution < 1.29 is 28.6 Å². The van der Waals surface area contributed by atoms with Gasteiger partial charge in [-0.2, -0.15) is 0 Å². The quantitative estimate of drug-likeness (QED) is 0.485. The lowest BCUT2D eigenvalue weighted by Crippen LogP contribution is -2.27. The van der Waals surface area contributed by atoms with E-state index in [1.807, 2.05) is 34.8 Å². The van der Waals surface area contributed by atoms with Crippen molar-refractivity contribution in [3.05, 3.63) is 0 Å². The maximum absolute atomic E-state index is 8.96. The van der Waals surface area contributed by atoms with E-state index >= 15 is 0 Å². The summed E-state index contributed by atoms with van der Waals surface area (Å²) in [5.41, 5.74) is 0. The minimum absolute atomic E-state index is 0.0506. The van der Waals surface area contributed by atoms with E-state index in [1.54, 1.807) is 0 Å². The van der Waals surface area contributed by atoms with Crippen LogP contribution >= 0.6 is 9.47 Å². The van der Waals surface area contributed by atoms with Crippen LogP contribution in [0.25, 0.3) is 0 Å². The van der Waals surface area contributed by atoms with Crippen LogP contribution in [-0.2, 0) is 23.5 Å². The predicted octanol–water partition coefficient (Wildman–Crippen LogP) is 1.32. The zero-order valence-corrected chi connectivity index (χ0v) is 17.1. The Morgan fingerprint density at radius 3 is 2.08 bits per heavy atom. The highest BCUT2D eigenvalue weighted by Gasteiger charge is 2.35. The molecule has 2 saturated heterocycles. The molecule has 1 N–H and O–H groups in total. The SMILES string of the molecule is C[B][C@H]1CC(OCC)[C@@H](CO)O1.C[B][C@H]1CC(OP)[C@@H](COCC)O1. The number of rotatable bonds is 9. The topological polar surface area (TPSA) is 66.4 Å². The van der Waals surface area contributed by atoms with E-state index in [-0.39, 0.29) is 43.0 Å². The molecule has 7 atom stereocenters. The van der Waals surface area contributed by atoms with Crippen LogP contribution in [0.5, 0.6) is 0 Å². The smallest absolute Gasteiger partial charge is 0.146 e. The van der Waals surface area contributed by atoms with E-state index in [0.29, 0.717) is 13.2 Å². The lowest BCUT2D eigenvalue weighted by atomic mass is 9.73. The summed E-state index contributed by atoms with van der Waals surface area (Å²) in [6, 6.07) is 0.370. The Bertz CT molecular complexity index is 342. The van der Waals surface area contributed by atoms with Crippen molar-refractivity contribution in [3.63, 3.8) is 0 Å². The third-order valence-corrected chi connectivity index (χ3v) is 4.77. The minimum atomic E-state index is -0.133. The van der Waals surface area contributed by atoms with Gasteiger partial charge in [-0.3, -0.25) is 0 Å². The van der Waals surface area contributed by atoms with Crippen molar-refractivity contribution in [2.24, 2.45) is 0 Å². The first-order valence-corrected chi connectivity index (χ1v) is 9.66. The molecule has 6 nitrogen and oxygen atoms in total. The highest BCUT2D eigenvalue weighted by Crippen LogP contribution is 2.24. The molecule has 0 saturated carbocycles. The van der Waals surface area contributed by atoms with Gasteiger partial charge in [0.05, 0.1) is 25.4 Å². The van der Waals surface area contributed by atoms with E-state index in [0.717, 1.165) is 19.4 Å². The molecule has 0 aromatic carbocycles. The second-order valence-electron chi connectivity index (χ2n) is 6.07. The molecular weight excluding hydrogens is 341 g/mol. The van der Waals surface area contributed by atoms with Gasteiger partial charge in [-0.1, -0.05) is 13.6 Å². The van der Waals surface area contributed by atoms with Crippen molar-refractivity contribution >= 4 is 24.0 Å². The largest absolute Gasteiger partial charge is 0.394 e. The van der Waals surface area contributed by atoms with Crippen LogP contribution in [0.15, 0.2) is 0 Å². The summed E-state index contributed by atoms with van der Waals surface area (Å²) in [7, 11) is 6.36. The number of aliphatic hydroxyl groups is 1. The van der Waals surface area contributed by atoms with E-state index in [2.05, 4.69) is 16.7 Å². The molecule has 0 aromatic heterocycles. The van der Waals surface area contributed by atoms with Crippen molar-refractivity contribution in [1.82, 2.24) is 0 Å². The summed E-state index contributed by atoms with van der Waals surface area (Å²) in [5, 5.41) is 8.96. The van der Waals surface area contributed by atoms with E-state index in [1.165, 1.54) is 0 Å². The van der Waals surface area contributed by atoms with E-state index in [9.17, 15) is 0 Å². The maximum Gasteiger partial charge on any atom is 0.146 e. The fourth-order valence-electron chi connectivity index (χ4n) is 3.00. The summed E-state index contributed by atoms with van der Waals surface area (Å²) >= 11 is 0. The molecule has 0 aliphatic carbocycles. The normalized spacial score (nSPS) is 34.5. The fraction of sp³-hybridized carbons (Fsp3) is 1.00. The summed E-state index contributed by atoms with van der Waals surface area (Å²) < 4.78 is 27.2. The number of ether oxygens (including phenoxy) is 4. The number of hydrogen-bond donors (Lipinski definition) is 1. The van der Waals surface area contributed by atoms with E-state index in [4.69, 9.17) is 28.6 Å². The molecule has 2 fully saturated rings. The summed E-state index contributed by atoms with van der Waals surface area (Å²) in [5.74, 6) is 0. The molecule has 2 heterocycles. The van der Waals surface area contributed by atoms with E-state index < -0.39 is 0 Å². The second-order valence-corrected chi connectivity index (χ2v) is 6.35. The molecule has 144 valence electrons. The highest BCUT2D eigenvalue weighted by atomic mass is 31.0. The predicted molar refractivity (Wildman–Crippen MR) is 103 cm³/mol. The first-order valence-electron chi connectivity index (χ1n) is 9.18. The van der Waals surface area contributed by atoms with Crippen LogP contribution in [0.3, 0.4) is 0 Å². The van der Waals surface area contributed by atoms with Gasteiger partial charge in [0.1, 0.15) is 26.8 Å². The van der Waals surface area contributed by atoms with Gasteiger partial charge < -0.3 is 28.6 Å². The van der Waals surface area contributed by atoms with Crippen molar-refractivity contribution in [2.45, 2.75) is 76.8 Å². The average Bonchev–Trinajstić information content (AvgIpc) is 3.23. The van der Waals surface area contributed by atoms with Crippen molar-refractivity contribution in [1.29, 1.82) is 0 Å². The molecule has 0 spiro atoms. The lowest BCUT2D eigenvalue weighted by molar-refractivity contribution is -0.0340. The zero-order valence-electron chi connectivity index (χ0n) is 15.9. The maximum atomic E-state index is 8.96.